The van der Waals surface area contributed by atoms with Crippen LogP contribution in [0.2, 0.25) is 0 Å². The molecule has 0 fully saturated rings. The Morgan fingerprint density at radius 2 is 1.94 bits per heavy atom. The van der Waals surface area contributed by atoms with Crippen molar-refractivity contribution in [2.45, 2.75) is 0 Å². The first-order chi connectivity index (χ1) is 7.91. The van der Waals surface area contributed by atoms with Gasteiger partial charge in [0, 0.05) is 25.8 Å². The van der Waals surface area contributed by atoms with Gasteiger partial charge in [-0.05, 0) is 32.3 Å². The highest BCUT2D eigenvalue weighted by atomic mass is 16.4. The third kappa shape index (κ3) is 3.64. The largest absolute Gasteiger partial charge is 0.478 e. The summed E-state index contributed by atoms with van der Waals surface area (Å²) in [6, 6.07) is 4.84. The Balaban J connectivity index is 2.94. The van der Waals surface area contributed by atoms with E-state index in [1.54, 1.807) is 18.2 Å². The van der Waals surface area contributed by atoms with Gasteiger partial charge in [0.2, 0.25) is 0 Å². The number of hydrogen-bond donors (Lipinski definition) is 2. The van der Waals surface area contributed by atoms with Crippen molar-refractivity contribution in [1.29, 1.82) is 0 Å². The lowest BCUT2D eigenvalue weighted by Crippen LogP contribution is -2.29. The first-order valence-electron chi connectivity index (χ1n) is 5.40. The zero-order valence-corrected chi connectivity index (χ0v) is 10.5. The Morgan fingerprint density at radius 3 is 2.47 bits per heavy atom. The number of carbonyl (C=O) groups is 1. The molecule has 0 aromatic heterocycles. The van der Waals surface area contributed by atoms with E-state index < -0.39 is 5.97 Å². The third-order valence-corrected chi connectivity index (χ3v) is 2.55. The topological polar surface area (TPSA) is 69.8 Å². The molecule has 1 aromatic carbocycles. The molecule has 0 amide bonds. The molecular formula is C12H19N3O2. The van der Waals surface area contributed by atoms with Gasteiger partial charge in [0.05, 0.1) is 11.3 Å². The van der Waals surface area contributed by atoms with Crippen LogP contribution < -0.4 is 10.6 Å². The Kier molecular flexibility index (Phi) is 4.34. The van der Waals surface area contributed by atoms with Crippen molar-refractivity contribution >= 4 is 17.3 Å². The van der Waals surface area contributed by atoms with E-state index in [1.165, 1.54) is 0 Å². The average molecular weight is 237 g/mol. The van der Waals surface area contributed by atoms with Gasteiger partial charge in [0.15, 0.2) is 0 Å². The number of nitrogens with zero attached hydrogens (tertiary/aromatic N) is 2. The minimum atomic E-state index is -0.934. The lowest BCUT2D eigenvalue weighted by Gasteiger charge is -2.23. The summed E-state index contributed by atoms with van der Waals surface area (Å²) in [5, 5.41) is 9.10. The van der Waals surface area contributed by atoms with Crippen LogP contribution in [0, 0.1) is 0 Å². The van der Waals surface area contributed by atoms with E-state index in [2.05, 4.69) is 0 Å². The lowest BCUT2D eigenvalue weighted by atomic mass is 10.1. The Labute approximate surface area is 101 Å². The van der Waals surface area contributed by atoms with Gasteiger partial charge in [-0.1, -0.05) is 0 Å². The van der Waals surface area contributed by atoms with Gasteiger partial charge in [-0.2, -0.15) is 0 Å². The predicted octanol–water partition coefficient (Wildman–Crippen LogP) is 0.965. The van der Waals surface area contributed by atoms with Crippen LogP contribution in [0.3, 0.4) is 0 Å². The molecule has 3 N–H and O–H groups in total. The maximum Gasteiger partial charge on any atom is 0.337 e. The molecule has 0 saturated heterocycles. The average Bonchev–Trinajstić information content (AvgIpc) is 2.25. The van der Waals surface area contributed by atoms with E-state index in [9.17, 15) is 4.79 Å². The molecule has 0 spiro atoms. The Morgan fingerprint density at radius 1 is 1.29 bits per heavy atom. The summed E-state index contributed by atoms with van der Waals surface area (Å²) < 4.78 is 0. The number of nitrogen functional groups attached to an aromatic ring is 1. The number of carboxylic acids is 1. The quantitative estimate of drug-likeness (QED) is 0.747. The molecule has 1 rings (SSSR count). The van der Waals surface area contributed by atoms with Gasteiger partial charge in [-0.15, -0.1) is 0 Å². The monoisotopic (exact) mass is 237 g/mol. The minimum absolute atomic E-state index is 0.278. The molecule has 0 aliphatic heterocycles. The van der Waals surface area contributed by atoms with Crippen LogP contribution in [0.25, 0.3) is 0 Å². The van der Waals surface area contributed by atoms with Crippen LogP contribution in [0.4, 0.5) is 11.4 Å². The van der Waals surface area contributed by atoms with Gasteiger partial charge in [0.1, 0.15) is 0 Å². The summed E-state index contributed by atoms with van der Waals surface area (Å²) in [4.78, 5) is 15.0. The van der Waals surface area contributed by atoms with Crippen LogP contribution in [0.15, 0.2) is 18.2 Å². The van der Waals surface area contributed by atoms with Gasteiger partial charge in [-0.25, -0.2) is 4.79 Å². The van der Waals surface area contributed by atoms with E-state index in [-0.39, 0.29) is 5.56 Å². The van der Waals surface area contributed by atoms with Gasteiger partial charge in [0.25, 0.3) is 0 Å². The molecule has 0 aliphatic rings. The number of aromatic carboxylic acids is 1. The van der Waals surface area contributed by atoms with Gasteiger partial charge >= 0.3 is 5.97 Å². The maximum atomic E-state index is 11.1. The van der Waals surface area contributed by atoms with Crippen LogP contribution in [0.1, 0.15) is 10.4 Å². The van der Waals surface area contributed by atoms with Crippen molar-refractivity contribution in [2.75, 3.05) is 44.9 Å². The number of benzene rings is 1. The third-order valence-electron chi connectivity index (χ3n) is 2.55. The fraction of sp³-hybridized carbons (Fsp3) is 0.417. The van der Waals surface area contributed by atoms with E-state index in [1.807, 2.05) is 30.9 Å². The van der Waals surface area contributed by atoms with Crippen molar-refractivity contribution in [2.24, 2.45) is 0 Å². The van der Waals surface area contributed by atoms with Gasteiger partial charge in [-0.3, -0.25) is 0 Å². The van der Waals surface area contributed by atoms with E-state index in [4.69, 9.17) is 10.8 Å². The smallest absolute Gasteiger partial charge is 0.337 e. The number of carboxylic acid groups (broad SMARTS) is 1. The second-order valence-electron chi connectivity index (χ2n) is 4.31. The van der Waals surface area contributed by atoms with E-state index in [0.29, 0.717) is 11.4 Å². The molecule has 1 aromatic rings. The summed E-state index contributed by atoms with van der Waals surface area (Å²) in [7, 11) is 5.82. The summed E-state index contributed by atoms with van der Waals surface area (Å²) >= 11 is 0. The fourth-order valence-corrected chi connectivity index (χ4v) is 1.52. The van der Waals surface area contributed by atoms with Crippen LogP contribution in [-0.4, -0.2) is 50.2 Å². The molecule has 0 aliphatic carbocycles. The molecule has 0 radical (unpaired) electrons. The molecule has 0 atom stereocenters. The number of likely N-dealkylation sites (N-methyl/N-ethyl adjacent to an activating group) is 2. The first-order valence-corrected chi connectivity index (χ1v) is 5.40. The number of hydrogen-bond acceptors (Lipinski definition) is 4. The second kappa shape index (κ2) is 5.54. The van der Waals surface area contributed by atoms with Crippen LogP contribution >= 0.6 is 0 Å². The summed E-state index contributed by atoms with van der Waals surface area (Å²) in [6.07, 6.45) is 0. The van der Waals surface area contributed by atoms with Crippen molar-refractivity contribution in [1.82, 2.24) is 4.90 Å². The molecule has 94 valence electrons. The van der Waals surface area contributed by atoms with Crippen molar-refractivity contribution in [3.63, 3.8) is 0 Å². The molecule has 0 unspecified atom stereocenters. The molecule has 5 nitrogen and oxygen atoms in total. The predicted molar refractivity (Wildman–Crippen MR) is 69.6 cm³/mol. The summed E-state index contributed by atoms with van der Waals surface area (Å²) in [6.45, 7) is 1.60. The minimum Gasteiger partial charge on any atom is -0.478 e. The molecular weight excluding hydrogens is 218 g/mol. The number of anilines is 2. The zero-order valence-electron chi connectivity index (χ0n) is 10.5. The molecule has 0 bridgehead atoms. The summed E-state index contributed by atoms with van der Waals surface area (Å²) in [5.41, 5.74) is 7.19. The van der Waals surface area contributed by atoms with Crippen LogP contribution in [0.5, 0.6) is 0 Å². The number of nitrogens with two attached hydrogens (primary N) is 1. The highest BCUT2D eigenvalue weighted by Crippen LogP contribution is 2.22. The van der Waals surface area contributed by atoms with Crippen molar-refractivity contribution in [3.8, 4) is 0 Å². The normalized spacial score (nSPS) is 10.6. The van der Waals surface area contributed by atoms with E-state index >= 15 is 0 Å². The second-order valence-corrected chi connectivity index (χ2v) is 4.31. The first kappa shape index (κ1) is 13.3. The van der Waals surface area contributed by atoms with Crippen molar-refractivity contribution in [3.05, 3.63) is 23.8 Å². The summed E-state index contributed by atoms with van der Waals surface area (Å²) in [5.74, 6) is -0.934. The highest BCUT2D eigenvalue weighted by molar-refractivity contribution is 5.95. The highest BCUT2D eigenvalue weighted by Gasteiger charge is 2.13. The molecule has 0 saturated carbocycles. The van der Waals surface area contributed by atoms with Crippen molar-refractivity contribution < 1.29 is 9.90 Å². The van der Waals surface area contributed by atoms with Crippen LogP contribution in [-0.2, 0) is 0 Å². The fourth-order valence-electron chi connectivity index (χ4n) is 1.52. The Hall–Kier alpha value is -1.75. The standard InChI is InChI=1S/C12H19N3O2/c1-14(2)6-7-15(3)11-8-9(13)4-5-10(11)12(16)17/h4-5,8H,6-7,13H2,1-3H3,(H,16,17). The lowest BCUT2D eigenvalue weighted by molar-refractivity contribution is 0.0697. The molecule has 5 heteroatoms. The van der Waals surface area contributed by atoms with Gasteiger partial charge < -0.3 is 20.6 Å². The van der Waals surface area contributed by atoms with E-state index in [0.717, 1.165) is 13.1 Å². The zero-order chi connectivity index (χ0) is 13.0. The molecule has 0 heterocycles. The number of rotatable bonds is 5. The SMILES string of the molecule is CN(C)CCN(C)c1cc(N)ccc1C(=O)O. The Bertz CT molecular complexity index is 405. The molecule has 17 heavy (non-hydrogen) atoms. The maximum absolute atomic E-state index is 11.1.